The molecule has 0 radical (unpaired) electrons. The molecular weight excluding hydrogens is 342 g/mol. The van der Waals surface area contributed by atoms with Crippen molar-refractivity contribution in [3.8, 4) is 11.5 Å². The predicted molar refractivity (Wildman–Crippen MR) is 104 cm³/mol. The van der Waals surface area contributed by atoms with E-state index in [9.17, 15) is 9.59 Å². The quantitative estimate of drug-likeness (QED) is 0.872. The topological polar surface area (TPSA) is 70.7 Å². The monoisotopic (exact) mass is 365 g/mol. The van der Waals surface area contributed by atoms with Crippen LogP contribution in [0.5, 0.6) is 11.5 Å². The number of ether oxygens (including phenoxy) is 1. The molecule has 4 rings (SSSR count). The summed E-state index contributed by atoms with van der Waals surface area (Å²) in [5, 5.41) is 5.86. The standard InChI is InChI=1S/C21H23N3O3/c1-2-24-11-5-6-15(24)13-22-20(25)14-9-10-19-17(12-14)23-21(26)16-7-3-4-8-18(16)27-19/h3-4,7-10,12,15H,2,5-6,11,13H2,1H3,(H,22,25)(H,23,26). The fraction of sp³-hybridized carbons (Fsp3) is 0.333. The lowest BCUT2D eigenvalue weighted by atomic mass is 10.1. The van der Waals surface area contributed by atoms with Gasteiger partial charge in [0.1, 0.15) is 5.75 Å². The number of para-hydroxylation sites is 1. The average molecular weight is 365 g/mol. The number of likely N-dealkylation sites (N-methyl/N-ethyl adjacent to an activating group) is 1. The van der Waals surface area contributed by atoms with Gasteiger partial charge >= 0.3 is 0 Å². The van der Waals surface area contributed by atoms with Crippen LogP contribution < -0.4 is 15.4 Å². The van der Waals surface area contributed by atoms with Crippen LogP contribution in [-0.2, 0) is 0 Å². The minimum absolute atomic E-state index is 0.142. The van der Waals surface area contributed by atoms with E-state index in [2.05, 4.69) is 22.5 Å². The number of rotatable bonds is 4. The molecule has 1 fully saturated rings. The molecule has 0 aliphatic carbocycles. The van der Waals surface area contributed by atoms with Crippen LogP contribution in [0, 0.1) is 0 Å². The number of hydrogen-bond donors (Lipinski definition) is 2. The number of hydrogen-bond acceptors (Lipinski definition) is 4. The first-order valence-electron chi connectivity index (χ1n) is 9.40. The number of nitrogens with one attached hydrogen (secondary N) is 2. The lowest BCUT2D eigenvalue weighted by Gasteiger charge is -2.23. The van der Waals surface area contributed by atoms with Gasteiger partial charge in [0.05, 0.1) is 11.3 Å². The van der Waals surface area contributed by atoms with E-state index in [1.807, 2.05) is 6.07 Å². The average Bonchev–Trinajstić information content (AvgIpc) is 3.09. The summed E-state index contributed by atoms with van der Waals surface area (Å²) in [6.07, 6.45) is 2.29. The van der Waals surface area contributed by atoms with E-state index >= 15 is 0 Å². The van der Waals surface area contributed by atoms with Crippen molar-refractivity contribution >= 4 is 17.5 Å². The second kappa shape index (κ2) is 7.40. The smallest absolute Gasteiger partial charge is 0.259 e. The molecule has 27 heavy (non-hydrogen) atoms. The van der Waals surface area contributed by atoms with E-state index in [1.54, 1.807) is 36.4 Å². The number of likely N-dealkylation sites (tertiary alicyclic amines) is 1. The van der Waals surface area contributed by atoms with Gasteiger partial charge in [0.2, 0.25) is 0 Å². The Balaban J connectivity index is 1.49. The zero-order chi connectivity index (χ0) is 18.8. The summed E-state index contributed by atoms with van der Waals surface area (Å²) in [7, 11) is 0. The largest absolute Gasteiger partial charge is 0.454 e. The van der Waals surface area contributed by atoms with Crippen molar-refractivity contribution in [1.82, 2.24) is 10.2 Å². The molecule has 1 unspecified atom stereocenters. The van der Waals surface area contributed by atoms with Gasteiger partial charge in [0.25, 0.3) is 11.8 Å². The van der Waals surface area contributed by atoms with Crippen LogP contribution in [0.25, 0.3) is 0 Å². The lowest BCUT2D eigenvalue weighted by molar-refractivity contribution is 0.0940. The molecule has 2 amide bonds. The zero-order valence-electron chi connectivity index (χ0n) is 15.3. The Hall–Kier alpha value is -2.86. The molecule has 6 nitrogen and oxygen atoms in total. The fourth-order valence-corrected chi connectivity index (χ4v) is 3.76. The van der Waals surface area contributed by atoms with Crippen molar-refractivity contribution in [3.63, 3.8) is 0 Å². The van der Waals surface area contributed by atoms with E-state index in [-0.39, 0.29) is 11.8 Å². The van der Waals surface area contributed by atoms with Crippen molar-refractivity contribution in [2.45, 2.75) is 25.8 Å². The molecule has 1 saturated heterocycles. The van der Waals surface area contributed by atoms with Gasteiger partial charge in [-0.15, -0.1) is 0 Å². The van der Waals surface area contributed by atoms with E-state index in [4.69, 9.17) is 4.74 Å². The minimum atomic E-state index is -0.244. The third kappa shape index (κ3) is 3.53. The molecule has 0 spiro atoms. The van der Waals surface area contributed by atoms with E-state index in [0.717, 1.165) is 19.5 Å². The summed E-state index contributed by atoms with van der Waals surface area (Å²) in [4.78, 5) is 27.4. The molecule has 0 bridgehead atoms. The highest BCUT2D eigenvalue weighted by atomic mass is 16.5. The number of carbonyl (C=O) groups excluding carboxylic acids is 2. The summed E-state index contributed by atoms with van der Waals surface area (Å²) in [6.45, 7) is 4.88. The molecule has 6 heteroatoms. The Morgan fingerprint density at radius 1 is 1.26 bits per heavy atom. The fourth-order valence-electron chi connectivity index (χ4n) is 3.76. The van der Waals surface area contributed by atoms with Crippen molar-refractivity contribution < 1.29 is 14.3 Å². The van der Waals surface area contributed by atoms with E-state index < -0.39 is 0 Å². The highest BCUT2D eigenvalue weighted by Crippen LogP contribution is 2.36. The molecule has 140 valence electrons. The Bertz CT molecular complexity index is 881. The van der Waals surface area contributed by atoms with Crippen LogP contribution in [-0.4, -0.2) is 42.4 Å². The van der Waals surface area contributed by atoms with Crippen molar-refractivity contribution in [2.75, 3.05) is 25.0 Å². The molecule has 2 heterocycles. The first-order valence-corrected chi connectivity index (χ1v) is 9.40. The summed E-state index contributed by atoms with van der Waals surface area (Å²) >= 11 is 0. The van der Waals surface area contributed by atoms with Gasteiger partial charge in [-0.3, -0.25) is 14.5 Å². The third-order valence-electron chi connectivity index (χ3n) is 5.25. The second-order valence-corrected chi connectivity index (χ2v) is 6.90. The van der Waals surface area contributed by atoms with Gasteiger partial charge in [-0.25, -0.2) is 0 Å². The highest BCUT2D eigenvalue weighted by molar-refractivity contribution is 6.08. The maximum atomic E-state index is 12.6. The van der Waals surface area contributed by atoms with Crippen molar-refractivity contribution in [2.24, 2.45) is 0 Å². The van der Waals surface area contributed by atoms with E-state index in [0.29, 0.717) is 40.9 Å². The van der Waals surface area contributed by atoms with Crippen LogP contribution in [0.4, 0.5) is 5.69 Å². The van der Waals surface area contributed by atoms with Gasteiger partial charge in [0, 0.05) is 18.2 Å². The number of benzene rings is 2. The summed E-state index contributed by atoms with van der Waals surface area (Å²) in [6, 6.07) is 12.6. The first kappa shape index (κ1) is 17.5. The third-order valence-corrected chi connectivity index (χ3v) is 5.25. The molecule has 0 saturated carbocycles. The molecular formula is C21H23N3O3. The van der Waals surface area contributed by atoms with Crippen LogP contribution in [0.1, 0.15) is 40.5 Å². The Morgan fingerprint density at radius 2 is 2.11 bits per heavy atom. The summed E-state index contributed by atoms with van der Waals surface area (Å²) < 4.78 is 5.86. The summed E-state index contributed by atoms with van der Waals surface area (Å²) in [5.74, 6) is 0.646. The number of carbonyl (C=O) groups is 2. The maximum absolute atomic E-state index is 12.6. The normalized spacial score (nSPS) is 18.7. The predicted octanol–water partition coefficient (Wildman–Crippen LogP) is 3.26. The SMILES string of the molecule is CCN1CCCC1CNC(=O)c1ccc2c(c1)NC(=O)c1ccccc1O2. The number of anilines is 1. The Kier molecular flexibility index (Phi) is 4.81. The molecule has 2 aromatic carbocycles. The number of amides is 2. The molecule has 2 N–H and O–H groups in total. The number of fused-ring (bicyclic) bond motifs is 2. The van der Waals surface area contributed by atoms with Crippen LogP contribution >= 0.6 is 0 Å². The van der Waals surface area contributed by atoms with Crippen molar-refractivity contribution in [1.29, 1.82) is 0 Å². The molecule has 2 aromatic rings. The Labute approximate surface area is 158 Å². The maximum Gasteiger partial charge on any atom is 0.259 e. The zero-order valence-corrected chi connectivity index (χ0v) is 15.3. The van der Waals surface area contributed by atoms with Crippen molar-refractivity contribution in [3.05, 3.63) is 53.6 Å². The van der Waals surface area contributed by atoms with Gasteiger partial charge in [0.15, 0.2) is 5.75 Å². The Morgan fingerprint density at radius 3 is 2.96 bits per heavy atom. The minimum Gasteiger partial charge on any atom is -0.454 e. The molecule has 0 aromatic heterocycles. The van der Waals surface area contributed by atoms with Crippen LogP contribution in [0.3, 0.4) is 0 Å². The molecule has 2 aliphatic heterocycles. The van der Waals surface area contributed by atoms with E-state index in [1.165, 1.54) is 6.42 Å². The first-order chi connectivity index (χ1) is 13.2. The van der Waals surface area contributed by atoms with Gasteiger partial charge in [-0.2, -0.15) is 0 Å². The molecule has 2 aliphatic rings. The second-order valence-electron chi connectivity index (χ2n) is 6.90. The van der Waals surface area contributed by atoms with Crippen LogP contribution in [0.15, 0.2) is 42.5 Å². The van der Waals surface area contributed by atoms with Gasteiger partial charge in [-0.1, -0.05) is 19.1 Å². The summed E-state index contributed by atoms with van der Waals surface area (Å²) in [5.41, 5.74) is 1.48. The van der Waals surface area contributed by atoms with Gasteiger partial charge < -0.3 is 15.4 Å². The highest BCUT2D eigenvalue weighted by Gasteiger charge is 2.24. The lowest BCUT2D eigenvalue weighted by Crippen LogP contribution is -2.40. The van der Waals surface area contributed by atoms with Crippen LogP contribution in [0.2, 0.25) is 0 Å². The number of nitrogens with zero attached hydrogens (tertiary/aromatic N) is 1. The molecule has 1 atom stereocenters. The van der Waals surface area contributed by atoms with Gasteiger partial charge in [-0.05, 0) is 56.3 Å².